The maximum Gasteiger partial charge on any atom is 0.264 e. The van der Waals surface area contributed by atoms with Crippen molar-refractivity contribution in [1.82, 2.24) is 4.98 Å². The molecule has 148 valence electrons. The third kappa shape index (κ3) is 3.25. The Kier molecular flexibility index (Phi) is 4.45. The van der Waals surface area contributed by atoms with E-state index >= 15 is 0 Å². The summed E-state index contributed by atoms with van der Waals surface area (Å²) in [7, 11) is -3.68. The van der Waals surface area contributed by atoms with Crippen LogP contribution in [-0.2, 0) is 10.0 Å². The minimum Gasteiger partial charge on any atom is -0.461 e. The maximum absolute atomic E-state index is 13.5. The average molecular weight is 443 g/mol. The topological polar surface area (TPSA) is 63.4 Å². The lowest BCUT2D eigenvalue weighted by atomic mass is 10.1. The molecule has 1 aliphatic heterocycles. The first-order valence-electron chi connectivity index (χ1n) is 9.15. The molecule has 0 atom stereocenters. The van der Waals surface area contributed by atoms with Gasteiger partial charge in [-0.15, -0.1) is 23.1 Å². The molecular formula is C21H18N2O3S3. The van der Waals surface area contributed by atoms with Gasteiger partial charge in [-0.3, -0.25) is 4.31 Å². The second-order valence-corrected chi connectivity index (χ2v) is 11.1. The fraction of sp³-hybridized carbons (Fsp3) is 0.190. The first kappa shape index (κ1) is 18.7. The predicted molar refractivity (Wildman–Crippen MR) is 118 cm³/mol. The number of anilines is 1. The lowest BCUT2D eigenvalue weighted by Crippen LogP contribution is -2.35. The molecule has 0 aliphatic carbocycles. The molecule has 4 aromatic rings. The van der Waals surface area contributed by atoms with Crippen molar-refractivity contribution in [2.24, 2.45) is 0 Å². The third-order valence-corrected chi connectivity index (χ3v) is 8.65. The van der Waals surface area contributed by atoms with E-state index in [1.165, 1.54) is 15.6 Å². The number of rotatable bonds is 3. The van der Waals surface area contributed by atoms with Crippen molar-refractivity contribution < 1.29 is 12.8 Å². The van der Waals surface area contributed by atoms with E-state index in [2.05, 4.69) is 4.98 Å². The van der Waals surface area contributed by atoms with Crippen molar-refractivity contribution in [2.45, 2.75) is 23.6 Å². The van der Waals surface area contributed by atoms with Crippen molar-refractivity contribution in [3.63, 3.8) is 0 Å². The molecule has 29 heavy (non-hydrogen) atoms. The predicted octanol–water partition coefficient (Wildman–Crippen LogP) is 5.47. The van der Waals surface area contributed by atoms with Gasteiger partial charge < -0.3 is 4.42 Å². The number of hydrogen-bond acceptors (Lipinski definition) is 6. The summed E-state index contributed by atoms with van der Waals surface area (Å²) in [4.78, 5) is 5.69. The first-order chi connectivity index (χ1) is 13.9. The van der Waals surface area contributed by atoms with Crippen LogP contribution in [0.25, 0.3) is 21.5 Å². The molecule has 0 saturated heterocycles. The van der Waals surface area contributed by atoms with Crippen molar-refractivity contribution in [1.29, 1.82) is 0 Å². The molecule has 3 heterocycles. The van der Waals surface area contributed by atoms with Crippen molar-refractivity contribution in [3.8, 4) is 11.3 Å². The van der Waals surface area contributed by atoms with Crippen LogP contribution in [0, 0.1) is 13.8 Å². The lowest BCUT2D eigenvalue weighted by Gasteiger charge is -2.30. The van der Waals surface area contributed by atoms with Crippen LogP contribution in [0.1, 0.15) is 10.8 Å². The Bertz CT molecular complexity index is 1340. The molecule has 0 saturated carbocycles. The Labute approximate surface area is 177 Å². The number of sulfonamides is 1. The van der Waals surface area contributed by atoms with Crippen molar-refractivity contribution in [3.05, 3.63) is 59.3 Å². The molecule has 0 radical (unpaired) electrons. The zero-order valence-electron chi connectivity index (χ0n) is 15.9. The van der Waals surface area contributed by atoms with E-state index in [1.807, 2.05) is 44.2 Å². The van der Waals surface area contributed by atoms with Gasteiger partial charge in [0.05, 0.1) is 25.8 Å². The molecule has 2 aromatic heterocycles. The van der Waals surface area contributed by atoms with Gasteiger partial charge in [-0.1, -0.05) is 0 Å². The summed E-state index contributed by atoms with van der Waals surface area (Å²) in [6.45, 7) is 4.25. The minimum absolute atomic E-state index is 0.297. The summed E-state index contributed by atoms with van der Waals surface area (Å²) in [5, 5.41) is 0.924. The van der Waals surface area contributed by atoms with Crippen LogP contribution in [0.15, 0.2) is 62.7 Å². The van der Waals surface area contributed by atoms with Crippen LogP contribution in [0.5, 0.6) is 0 Å². The van der Waals surface area contributed by atoms with Gasteiger partial charge in [0, 0.05) is 22.8 Å². The number of benzene rings is 2. The van der Waals surface area contributed by atoms with Crippen LogP contribution in [0.4, 0.5) is 5.69 Å². The standard InChI is InChI=1S/C21H18N2O3S3/c1-13-3-7-19(26-13)15-4-8-20-18(11-15)23(9-10-27-20)29(24,25)16-5-6-17-21(12-16)28-14(2)22-17/h3-8,11-12H,9-10H2,1-2H3. The number of nitrogens with zero attached hydrogens (tertiary/aromatic N) is 2. The second kappa shape index (κ2) is 6.90. The van der Waals surface area contributed by atoms with E-state index < -0.39 is 10.0 Å². The first-order valence-corrected chi connectivity index (χ1v) is 12.4. The minimum atomic E-state index is -3.68. The second-order valence-electron chi connectivity index (χ2n) is 6.88. The number of hydrogen-bond donors (Lipinski definition) is 0. The summed E-state index contributed by atoms with van der Waals surface area (Å²) in [6, 6.07) is 14.8. The highest BCUT2D eigenvalue weighted by atomic mass is 32.2. The Morgan fingerprint density at radius 2 is 1.93 bits per heavy atom. The van der Waals surface area contributed by atoms with Gasteiger partial charge in [0.15, 0.2) is 0 Å². The molecule has 5 nitrogen and oxygen atoms in total. The molecule has 0 fully saturated rings. The van der Waals surface area contributed by atoms with E-state index in [-0.39, 0.29) is 0 Å². The van der Waals surface area contributed by atoms with Crippen LogP contribution in [0.3, 0.4) is 0 Å². The zero-order valence-corrected chi connectivity index (χ0v) is 18.3. The van der Waals surface area contributed by atoms with E-state index in [4.69, 9.17) is 4.42 Å². The number of aromatic nitrogens is 1. The fourth-order valence-corrected chi connectivity index (χ4v) is 7.09. The largest absolute Gasteiger partial charge is 0.461 e. The highest BCUT2D eigenvalue weighted by molar-refractivity contribution is 8.00. The quantitative estimate of drug-likeness (QED) is 0.421. The summed E-state index contributed by atoms with van der Waals surface area (Å²) in [5.74, 6) is 2.28. The van der Waals surface area contributed by atoms with E-state index in [1.54, 1.807) is 30.0 Å². The number of furan rings is 1. The van der Waals surface area contributed by atoms with Crippen LogP contribution >= 0.6 is 23.1 Å². The molecule has 8 heteroatoms. The van der Waals surface area contributed by atoms with E-state index in [0.29, 0.717) is 22.9 Å². The summed E-state index contributed by atoms with van der Waals surface area (Å²) >= 11 is 3.18. The molecule has 0 unspecified atom stereocenters. The Morgan fingerprint density at radius 1 is 1.07 bits per heavy atom. The normalized spacial score (nSPS) is 14.3. The molecule has 0 spiro atoms. The molecule has 1 aliphatic rings. The Morgan fingerprint density at radius 3 is 2.72 bits per heavy atom. The van der Waals surface area contributed by atoms with Gasteiger partial charge in [0.25, 0.3) is 10.0 Å². The van der Waals surface area contributed by atoms with Crippen molar-refractivity contribution >= 4 is 49.0 Å². The van der Waals surface area contributed by atoms with Crippen LogP contribution in [-0.4, -0.2) is 25.7 Å². The molecule has 0 amide bonds. The van der Waals surface area contributed by atoms with Gasteiger partial charge in [0.1, 0.15) is 11.5 Å². The van der Waals surface area contributed by atoms with E-state index in [0.717, 1.165) is 37.2 Å². The summed E-state index contributed by atoms with van der Waals surface area (Å²) < 4.78 is 35.2. The number of thioether (sulfide) groups is 1. The summed E-state index contributed by atoms with van der Waals surface area (Å²) in [6.07, 6.45) is 0. The Balaban J connectivity index is 1.60. The van der Waals surface area contributed by atoms with Gasteiger partial charge in [-0.2, -0.15) is 0 Å². The average Bonchev–Trinajstić information content (AvgIpc) is 3.30. The van der Waals surface area contributed by atoms with Gasteiger partial charge in [-0.05, 0) is 62.4 Å². The SMILES string of the molecule is Cc1ccc(-c2ccc3c(c2)N(S(=O)(=O)c2ccc4nc(C)sc4c2)CCS3)o1. The van der Waals surface area contributed by atoms with Gasteiger partial charge in [0.2, 0.25) is 0 Å². The molecule has 0 N–H and O–H groups in total. The highest BCUT2D eigenvalue weighted by Gasteiger charge is 2.30. The summed E-state index contributed by atoms with van der Waals surface area (Å²) in [5.41, 5.74) is 2.40. The highest BCUT2D eigenvalue weighted by Crippen LogP contribution is 2.41. The molecule has 5 rings (SSSR count). The van der Waals surface area contributed by atoms with Gasteiger partial charge in [-0.25, -0.2) is 13.4 Å². The number of thiazole rings is 1. The molecule has 2 aromatic carbocycles. The lowest BCUT2D eigenvalue weighted by molar-refractivity contribution is 0.548. The monoisotopic (exact) mass is 442 g/mol. The van der Waals surface area contributed by atoms with Crippen LogP contribution < -0.4 is 4.31 Å². The van der Waals surface area contributed by atoms with E-state index in [9.17, 15) is 8.42 Å². The smallest absolute Gasteiger partial charge is 0.264 e. The third-order valence-electron chi connectivity index (χ3n) is 4.86. The van der Waals surface area contributed by atoms with Crippen molar-refractivity contribution in [2.75, 3.05) is 16.6 Å². The number of fused-ring (bicyclic) bond motifs is 2. The number of aryl methyl sites for hydroxylation is 2. The van der Waals surface area contributed by atoms with Crippen LogP contribution in [0.2, 0.25) is 0 Å². The fourth-order valence-electron chi connectivity index (χ4n) is 3.49. The Hall–Kier alpha value is -2.29. The zero-order chi connectivity index (χ0) is 20.2. The molecular weight excluding hydrogens is 424 g/mol. The van der Waals surface area contributed by atoms with Gasteiger partial charge >= 0.3 is 0 Å². The molecule has 0 bridgehead atoms. The maximum atomic E-state index is 13.5.